The Bertz CT molecular complexity index is 1370. The number of benzene rings is 2. The van der Waals surface area contributed by atoms with Gasteiger partial charge in [0.1, 0.15) is 16.5 Å². The van der Waals surface area contributed by atoms with Crippen molar-refractivity contribution in [2.24, 2.45) is 5.10 Å². The molecule has 0 unspecified atom stereocenters. The van der Waals surface area contributed by atoms with E-state index in [9.17, 15) is 4.79 Å². The number of hydrazone groups is 1. The maximum Gasteiger partial charge on any atom is 0.345 e. The van der Waals surface area contributed by atoms with E-state index in [0.29, 0.717) is 29.1 Å². The molecule has 0 saturated carbocycles. The van der Waals surface area contributed by atoms with Gasteiger partial charge in [-0.15, -0.1) is 26.5 Å². The molecule has 2 aromatic heterocycles. The van der Waals surface area contributed by atoms with Crippen molar-refractivity contribution >= 4 is 40.6 Å². The number of thiophene rings is 1. The van der Waals surface area contributed by atoms with Crippen LogP contribution in [-0.4, -0.2) is 26.5 Å². The minimum atomic E-state index is -0.386. The second kappa shape index (κ2) is 8.46. The van der Waals surface area contributed by atoms with Crippen LogP contribution in [0.15, 0.2) is 59.7 Å². The Balaban J connectivity index is 1.65. The highest BCUT2D eigenvalue weighted by atomic mass is 35.5. The van der Waals surface area contributed by atoms with E-state index in [1.807, 2.05) is 66.1 Å². The molecule has 1 aliphatic rings. The summed E-state index contributed by atoms with van der Waals surface area (Å²) < 4.78 is 1.90. The van der Waals surface area contributed by atoms with E-state index in [4.69, 9.17) is 16.7 Å². The lowest BCUT2D eigenvalue weighted by Crippen LogP contribution is -2.38. The first-order chi connectivity index (χ1) is 15.9. The van der Waals surface area contributed by atoms with Crippen molar-refractivity contribution in [1.82, 2.24) is 20.1 Å². The zero-order chi connectivity index (χ0) is 23.1. The van der Waals surface area contributed by atoms with Gasteiger partial charge in [0.05, 0.1) is 0 Å². The lowest BCUT2D eigenvalue weighted by atomic mass is 10.00. The van der Waals surface area contributed by atoms with Gasteiger partial charge in [0.25, 0.3) is 5.95 Å². The number of nitrogens with zero attached hydrogens (tertiary/aromatic N) is 5. The molecule has 0 fully saturated rings. The SMILES string of the molecule is Cc1sc2c(c1C)C(c1ccc(Cl)cc1)=NN(C(=O)NCc1ccccc1)c1nnc(C)n1-2. The van der Waals surface area contributed by atoms with Gasteiger partial charge in [-0.05, 0) is 44.0 Å². The molecule has 5 rings (SSSR count). The number of hydrogen-bond acceptors (Lipinski definition) is 5. The Hall–Kier alpha value is -3.49. The summed E-state index contributed by atoms with van der Waals surface area (Å²) in [6.45, 7) is 6.39. The number of carbonyl (C=O) groups excluding carboxylic acids is 1. The minimum absolute atomic E-state index is 0.351. The van der Waals surface area contributed by atoms with Crippen LogP contribution in [0.25, 0.3) is 5.00 Å². The van der Waals surface area contributed by atoms with Crippen LogP contribution in [-0.2, 0) is 6.54 Å². The van der Waals surface area contributed by atoms with E-state index in [-0.39, 0.29) is 6.03 Å². The van der Waals surface area contributed by atoms with Crippen molar-refractivity contribution in [1.29, 1.82) is 0 Å². The molecule has 0 aliphatic carbocycles. The molecule has 0 atom stereocenters. The van der Waals surface area contributed by atoms with Crippen LogP contribution in [0.5, 0.6) is 0 Å². The quantitative estimate of drug-likeness (QED) is 0.430. The molecule has 2 amide bonds. The molecule has 33 heavy (non-hydrogen) atoms. The second-order valence-corrected chi connectivity index (χ2v) is 9.40. The Morgan fingerprint density at radius 2 is 1.76 bits per heavy atom. The van der Waals surface area contributed by atoms with Crippen LogP contribution in [0.3, 0.4) is 0 Å². The maximum atomic E-state index is 13.4. The Morgan fingerprint density at radius 3 is 2.48 bits per heavy atom. The summed E-state index contributed by atoms with van der Waals surface area (Å²) in [6, 6.07) is 16.8. The zero-order valence-corrected chi connectivity index (χ0v) is 19.9. The van der Waals surface area contributed by atoms with E-state index >= 15 is 0 Å². The molecule has 0 radical (unpaired) electrons. The van der Waals surface area contributed by atoms with Gasteiger partial charge in [-0.25, -0.2) is 4.79 Å². The van der Waals surface area contributed by atoms with E-state index in [2.05, 4.69) is 29.4 Å². The Kier molecular flexibility index (Phi) is 5.47. The molecule has 3 heterocycles. The number of halogens is 1. The monoisotopic (exact) mass is 476 g/mol. The average Bonchev–Trinajstić information content (AvgIpc) is 3.28. The van der Waals surface area contributed by atoms with Crippen molar-refractivity contribution in [3.63, 3.8) is 0 Å². The molecule has 0 spiro atoms. The molecule has 0 saturated heterocycles. The number of nitrogens with one attached hydrogen (secondary N) is 1. The third kappa shape index (κ3) is 3.81. The second-order valence-electron chi connectivity index (χ2n) is 7.76. The van der Waals surface area contributed by atoms with E-state index in [0.717, 1.165) is 27.3 Å². The lowest BCUT2D eigenvalue weighted by Gasteiger charge is -2.17. The normalized spacial score (nSPS) is 12.6. The molecule has 166 valence electrons. The van der Waals surface area contributed by atoms with Gasteiger partial charge in [0.2, 0.25) is 0 Å². The summed E-state index contributed by atoms with van der Waals surface area (Å²) in [7, 11) is 0. The van der Waals surface area contributed by atoms with Crippen LogP contribution >= 0.6 is 22.9 Å². The molecule has 0 bridgehead atoms. The fourth-order valence-electron chi connectivity index (χ4n) is 3.76. The van der Waals surface area contributed by atoms with Crippen molar-refractivity contribution in [2.75, 3.05) is 5.01 Å². The van der Waals surface area contributed by atoms with Crippen molar-refractivity contribution in [3.05, 3.63) is 92.6 Å². The molecule has 4 aromatic rings. The predicted octanol–water partition coefficient (Wildman–Crippen LogP) is 5.39. The van der Waals surface area contributed by atoms with Gasteiger partial charge in [0, 0.05) is 27.6 Å². The van der Waals surface area contributed by atoms with Gasteiger partial charge < -0.3 is 5.32 Å². The van der Waals surface area contributed by atoms with Gasteiger partial charge in [-0.2, -0.15) is 5.10 Å². The summed E-state index contributed by atoms with van der Waals surface area (Å²) >= 11 is 7.77. The summed E-state index contributed by atoms with van der Waals surface area (Å²) in [5.74, 6) is 1.03. The number of rotatable bonds is 3. The van der Waals surface area contributed by atoms with Crippen molar-refractivity contribution in [3.8, 4) is 5.00 Å². The summed E-state index contributed by atoms with van der Waals surface area (Å²) in [5, 5.41) is 19.2. The molecular weight excluding hydrogens is 456 g/mol. The van der Waals surface area contributed by atoms with Gasteiger partial charge in [0.15, 0.2) is 0 Å². The smallest absolute Gasteiger partial charge is 0.332 e. The molecule has 2 aromatic carbocycles. The zero-order valence-electron chi connectivity index (χ0n) is 18.3. The predicted molar refractivity (Wildman–Crippen MR) is 132 cm³/mol. The van der Waals surface area contributed by atoms with Crippen LogP contribution in [0.1, 0.15) is 33.0 Å². The number of amides is 2. The number of carbonyl (C=O) groups is 1. The van der Waals surface area contributed by atoms with Gasteiger partial charge in [-0.1, -0.05) is 54.1 Å². The first kappa shape index (κ1) is 21.4. The number of aromatic nitrogens is 3. The fraction of sp³-hybridized carbons (Fsp3) is 0.167. The Labute approximate surface area is 200 Å². The van der Waals surface area contributed by atoms with Crippen molar-refractivity contribution in [2.45, 2.75) is 27.3 Å². The standard InChI is InChI=1S/C24H21ClN6OS/c1-14-15(2)33-22-20(14)21(18-9-11-19(25)12-10-18)29-31(23-28-27-16(3)30(22)23)24(32)26-13-17-7-5-4-6-8-17/h4-12H,13H2,1-3H3,(H,26,32). The topological polar surface area (TPSA) is 75.4 Å². The molecular formula is C24H21ClN6OS. The van der Waals surface area contributed by atoms with Crippen LogP contribution in [0.2, 0.25) is 5.02 Å². The first-order valence-electron chi connectivity index (χ1n) is 10.4. The summed E-state index contributed by atoms with van der Waals surface area (Å²) in [4.78, 5) is 14.5. The number of aryl methyl sites for hydroxylation is 2. The van der Waals surface area contributed by atoms with Gasteiger partial charge in [-0.3, -0.25) is 4.57 Å². The maximum absolute atomic E-state index is 13.4. The minimum Gasteiger partial charge on any atom is -0.332 e. The molecule has 1 aliphatic heterocycles. The third-order valence-electron chi connectivity index (χ3n) is 5.60. The molecule has 1 N–H and O–H groups in total. The van der Waals surface area contributed by atoms with Crippen LogP contribution in [0, 0.1) is 20.8 Å². The highest BCUT2D eigenvalue weighted by Gasteiger charge is 2.32. The molecule has 7 nitrogen and oxygen atoms in total. The third-order valence-corrected chi connectivity index (χ3v) is 7.04. The number of fused-ring (bicyclic) bond motifs is 3. The highest BCUT2D eigenvalue weighted by molar-refractivity contribution is 7.15. The number of anilines is 1. The molecule has 9 heteroatoms. The number of hydrogen-bond donors (Lipinski definition) is 1. The van der Waals surface area contributed by atoms with E-state index in [1.165, 1.54) is 9.89 Å². The van der Waals surface area contributed by atoms with Crippen molar-refractivity contribution < 1.29 is 4.79 Å². The fourth-order valence-corrected chi connectivity index (χ4v) is 5.09. The number of urea groups is 1. The summed E-state index contributed by atoms with van der Waals surface area (Å²) in [5.41, 5.74) is 4.60. The average molecular weight is 477 g/mol. The van der Waals surface area contributed by atoms with E-state index < -0.39 is 0 Å². The Morgan fingerprint density at radius 1 is 1.03 bits per heavy atom. The lowest BCUT2D eigenvalue weighted by molar-refractivity contribution is 0.245. The highest BCUT2D eigenvalue weighted by Crippen LogP contribution is 2.38. The van der Waals surface area contributed by atoms with Crippen LogP contribution in [0.4, 0.5) is 10.7 Å². The van der Waals surface area contributed by atoms with Crippen LogP contribution < -0.4 is 10.3 Å². The first-order valence-corrected chi connectivity index (χ1v) is 11.6. The summed E-state index contributed by atoms with van der Waals surface area (Å²) in [6.07, 6.45) is 0. The van der Waals surface area contributed by atoms with Gasteiger partial charge >= 0.3 is 6.03 Å². The van der Waals surface area contributed by atoms with E-state index in [1.54, 1.807) is 11.3 Å². The largest absolute Gasteiger partial charge is 0.345 e.